The molecule has 2 N–H and O–H groups in total. The summed E-state index contributed by atoms with van der Waals surface area (Å²) in [5, 5.41) is 20.6. The number of carbonyl (C=O) groups is 1. The van der Waals surface area contributed by atoms with Crippen molar-refractivity contribution < 1.29 is 9.90 Å². The van der Waals surface area contributed by atoms with E-state index in [1.54, 1.807) is 19.1 Å². The minimum absolute atomic E-state index is 0.210. The van der Waals surface area contributed by atoms with Crippen LogP contribution in [0.4, 0.5) is 11.6 Å². The van der Waals surface area contributed by atoms with E-state index in [0.717, 1.165) is 0 Å². The van der Waals surface area contributed by atoms with Gasteiger partial charge in [0.25, 0.3) is 0 Å². The number of nitriles is 1. The van der Waals surface area contributed by atoms with E-state index in [1.807, 2.05) is 6.07 Å². The van der Waals surface area contributed by atoms with Crippen molar-refractivity contribution in [3.05, 3.63) is 47.3 Å². The number of anilines is 2. The van der Waals surface area contributed by atoms with E-state index in [1.165, 1.54) is 18.3 Å². The molecule has 1 aromatic carbocycles. The molecule has 0 fully saturated rings. The van der Waals surface area contributed by atoms with E-state index in [0.29, 0.717) is 11.3 Å². The third-order valence-corrected chi connectivity index (χ3v) is 2.49. The molecule has 19 heavy (non-hydrogen) atoms. The molecule has 1 aromatic heterocycles. The molecule has 1 heterocycles. The molecule has 6 heteroatoms. The van der Waals surface area contributed by atoms with Gasteiger partial charge in [-0.25, -0.2) is 14.8 Å². The third kappa shape index (κ3) is 2.84. The lowest BCUT2D eigenvalue weighted by Crippen LogP contribution is -2.03. The van der Waals surface area contributed by atoms with Crippen LogP contribution in [-0.4, -0.2) is 21.0 Å². The van der Waals surface area contributed by atoms with E-state index in [2.05, 4.69) is 15.3 Å². The molecular formula is C13H10N4O2. The summed E-state index contributed by atoms with van der Waals surface area (Å²) in [5.41, 5.74) is 1.67. The summed E-state index contributed by atoms with van der Waals surface area (Å²) in [6, 6.07) is 8.32. The van der Waals surface area contributed by atoms with Gasteiger partial charge in [-0.3, -0.25) is 0 Å². The van der Waals surface area contributed by atoms with Gasteiger partial charge in [-0.05, 0) is 30.7 Å². The van der Waals surface area contributed by atoms with Gasteiger partial charge in [0, 0.05) is 11.9 Å². The lowest BCUT2D eigenvalue weighted by atomic mass is 10.1. The summed E-state index contributed by atoms with van der Waals surface area (Å²) in [5.74, 6) is -0.743. The van der Waals surface area contributed by atoms with Crippen LogP contribution in [-0.2, 0) is 0 Å². The Morgan fingerprint density at radius 1 is 1.42 bits per heavy atom. The summed E-state index contributed by atoms with van der Waals surface area (Å²) >= 11 is 0. The van der Waals surface area contributed by atoms with E-state index in [4.69, 9.17) is 10.4 Å². The maximum Gasteiger partial charge on any atom is 0.336 e. The fraction of sp³-hybridized carbons (Fsp3) is 0.0769. The number of hydrogen-bond donors (Lipinski definition) is 2. The van der Waals surface area contributed by atoms with Crippen LogP contribution >= 0.6 is 0 Å². The number of nitrogens with zero attached hydrogens (tertiary/aromatic N) is 3. The molecule has 0 aliphatic carbocycles. The average molecular weight is 254 g/mol. The Balaban J connectivity index is 2.31. The quantitative estimate of drug-likeness (QED) is 0.870. The largest absolute Gasteiger partial charge is 0.478 e. The van der Waals surface area contributed by atoms with Crippen molar-refractivity contribution in [1.29, 1.82) is 5.26 Å². The summed E-state index contributed by atoms with van der Waals surface area (Å²) in [4.78, 5) is 18.9. The molecule has 0 aliphatic rings. The first-order valence-electron chi connectivity index (χ1n) is 5.44. The Bertz CT molecular complexity index is 677. The van der Waals surface area contributed by atoms with Crippen LogP contribution in [0.15, 0.2) is 30.5 Å². The highest BCUT2D eigenvalue weighted by atomic mass is 16.4. The molecule has 0 aliphatic heterocycles. The summed E-state index contributed by atoms with van der Waals surface area (Å²) in [6.07, 6.45) is 1.46. The molecule has 0 saturated carbocycles. The molecule has 94 valence electrons. The highest BCUT2D eigenvalue weighted by Gasteiger charge is 2.08. The van der Waals surface area contributed by atoms with Crippen molar-refractivity contribution in [3.8, 4) is 6.07 Å². The van der Waals surface area contributed by atoms with Gasteiger partial charge >= 0.3 is 5.97 Å². The Hall–Kier alpha value is -2.94. The molecule has 0 atom stereocenters. The highest BCUT2D eigenvalue weighted by molar-refractivity contribution is 5.90. The lowest BCUT2D eigenvalue weighted by Gasteiger charge is -2.07. The minimum Gasteiger partial charge on any atom is -0.478 e. The topological polar surface area (TPSA) is 98.9 Å². The predicted molar refractivity (Wildman–Crippen MR) is 68.2 cm³/mol. The first-order valence-corrected chi connectivity index (χ1v) is 5.44. The Kier molecular flexibility index (Phi) is 3.39. The van der Waals surface area contributed by atoms with Crippen LogP contribution in [0, 0.1) is 18.3 Å². The number of hydrogen-bond acceptors (Lipinski definition) is 5. The number of aromatic carboxylic acids is 1. The van der Waals surface area contributed by atoms with Crippen LogP contribution in [0.25, 0.3) is 0 Å². The number of carboxylic acids is 1. The van der Waals surface area contributed by atoms with E-state index >= 15 is 0 Å². The van der Waals surface area contributed by atoms with Gasteiger partial charge in [0.05, 0.1) is 5.56 Å². The van der Waals surface area contributed by atoms with Crippen molar-refractivity contribution >= 4 is 17.6 Å². The SMILES string of the molecule is Cc1ccc(Nc2nccc(C#N)n2)cc1C(=O)O. The summed E-state index contributed by atoms with van der Waals surface area (Å²) in [6.45, 7) is 1.72. The Morgan fingerprint density at radius 3 is 2.89 bits per heavy atom. The summed E-state index contributed by atoms with van der Waals surface area (Å²) in [7, 11) is 0. The number of benzene rings is 1. The highest BCUT2D eigenvalue weighted by Crippen LogP contribution is 2.18. The monoisotopic (exact) mass is 254 g/mol. The smallest absolute Gasteiger partial charge is 0.336 e. The first-order chi connectivity index (χ1) is 9.10. The van der Waals surface area contributed by atoms with Gasteiger partial charge < -0.3 is 10.4 Å². The van der Waals surface area contributed by atoms with Crippen molar-refractivity contribution in [1.82, 2.24) is 9.97 Å². The normalized spacial score (nSPS) is 9.68. The molecule has 0 spiro atoms. The van der Waals surface area contributed by atoms with Crippen molar-refractivity contribution in [2.24, 2.45) is 0 Å². The standard InChI is InChI=1S/C13H10N4O2/c1-8-2-3-9(6-11(8)12(18)19)16-13-15-5-4-10(7-14)17-13/h2-6H,1H3,(H,18,19)(H,15,16,17). The molecule has 2 aromatic rings. The van der Waals surface area contributed by atoms with Crippen LogP contribution in [0.3, 0.4) is 0 Å². The maximum absolute atomic E-state index is 11.0. The van der Waals surface area contributed by atoms with Crippen molar-refractivity contribution in [3.63, 3.8) is 0 Å². The van der Waals surface area contributed by atoms with Gasteiger partial charge in [0.15, 0.2) is 0 Å². The van der Waals surface area contributed by atoms with E-state index in [9.17, 15) is 4.79 Å². The second kappa shape index (κ2) is 5.14. The predicted octanol–water partition coefficient (Wildman–Crippen LogP) is 2.10. The van der Waals surface area contributed by atoms with Crippen LogP contribution < -0.4 is 5.32 Å². The van der Waals surface area contributed by atoms with Gasteiger partial charge in [0.1, 0.15) is 11.8 Å². The Morgan fingerprint density at radius 2 is 2.21 bits per heavy atom. The molecular weight excluding hydrogens is 244 g/mol. The molecule has 0 bridgehead atoms. The van der Waals surface area contributed by atoms with Gasteiger partial charge in [-0.15, -0.1) is 0 Å². The molecule has 0 radical (unpaired) electrons. The molecule has 6 nitrogen and oxygen atoms in total. The molecule has 0 unspecified atom stereocenters. The molecule has 0 amide bonds. The van der Waals surface area contributed by atoms with Crippen molar-refractivity contribution in [2.45, 2.75) is 6.92 Å². The molecule has 0 saturated heterocycles. The van der Waals surface area contributed by atoms with Crippen molar-refractivity contribution in [2.75, 3.05) is 5.32 Å². The lowest BCUT2D eigenvalue weighted by molar-refractivity contribution is 0.0696. The zero-order chi connectivity index (χ0) is 13.8. The van der Waals surface area contributed by atoms with Crippen LogP contribution in [0.1, 0.15) is 21.6 Å². The Labute approximate surface area is 109 Å². The number of aromatic nitrogens is 2. The fourth-order valence-corrected chi connectivity index (χ4v) is 1.54. The number of carboxylic acid groups (broad SMARTS) is 1. The van der Waals surface area contributed by atoms with Crippen LogP contribution in [0.2, 0.25) is 0 Å². The van der Waals surface area contributed by atoms with Gasteiger partial charge in [-0.2, -0.15) is 5.26 Å². The second-order valence-electron chi connectivity index (χ2n) is 3.84. The number of rotatable bonds is 3. The minimum atomic E-state index is -0.993. The average Bonchev–Trinajstić information content (AvgIpc) is 2.41. The van der Waals surface area contributed by atoms with Gasteiger partial charge in [-0.1, -0.05) is 6.07 Å². The van der Waals surface area contributed by atoms with Crippen LogP contribution in [0.5, 0.6) is 0 Å². The maximum atomic E-state index is 11.0. The second-order valence-corrected chi connectivity index (χ2v) is 3.84. The summed E-state index contributed by atoms with van der Waals surface area (Å²) < 4.78 is 0. The zero-order valence-electron chi connectivity index (χ0n) is 10.1. The van der Waals surface area contributed by atoms with E-state index in [-0.39, 0.29) is 17.2 Å². The zero-order valence-corrected chi connectivity index (χ0v) is 10.1. The first kappa shape index (κ1) is 12.5. The number of nitrogens with one attached hydrogen (secondary N) is 1. The van der Waals surface area contributed by atoms with E-state index < -0.39 is 5.97 Å². The third-order valence-electron chi connectivity index (χ3n) is 2.49. The fourth-order valence-electron chi connectivity index (χ4n) is 1.54. The molecule has 2 rings (SSSR count). The number of aryl methyl sites for hydroxylation is 1. The van der Waals surface area contributed by atoms with Gasteiger partial charge in [0.2, 0.25) is 5.95 Å².